The molecule has 0 spiro atoms. The topological polar surface area (TPSA) is 74.3 Å². The molecule has 7 heteroatoms. The number of aromatic nitrogens is 2. The second-order valence-electron chi connectivity index (χ2n) is 6.30. The van der Waals surface area contributed by atoms with Gasteiger partial charge in [0.2, 0.25) is 5.78 Å². The van der Waals surface area contributed by atoms with Crippen LogP contribution in [0.3, 0.4) is 0 Å². The highest BCUT2D eigenvalue weighted by Gasteiger charge is 2.22. The van der Waals surface area contributed by atoms with Gasteiger partial charge in [-0.3, -0.25) is 4.79 Å². The number of halogens is 1. The predicted molar refractivity (Wildman–Crippen MR) is 101 cm³/mol. The van der Waals surface area contributed by atoms with Crippen LogP contribution < -0.4 is 0 Å². The first-order valence-electron chi connectivity index (χ1n) is 8.37. The van der Waals surface area contributed by atoms with Crippen molar-refractivity contribution in [2.75, 3.05) is 6.61 Å². The lowest BCUT2D eigenvalue weighted by molar-refractivity contribution is 0.0472. The van der Waals surface area contributed by atoms with Crippen LogP contribution in [-0.4, -0.2) is 28.1 Å². The lowest BCUT2D eigenvalue weighted by Gasteiger charge is -2.10. The zero-order valence-corrected chi connectivity index (χ0v) is 16.3. The van der Waals surface area contributed by atoms with E-state index in [-0.39, 0.29) is 18.0 Å². The molecule has 3 rings (SSSR count). The molecule has 2 heterocycles. The molecule has 27 heavy (non-hydrogen) atoms. The Labute approximate surface area is 161 Å². The second kappa shape index (κ2) is 7.40. The Kier molecular flexibility index (Phi) is 5.19. The van der Waals surface area contributed by atoms with E-state index in [4.69, 9.17) is 20.9 Å². The van der Waals surface area contributed by atoms with Crippen molar-refractivity contribution < 1.29 is 18.8 Å². The second-order valence-corrected chi connectivity index (χ2v) is 6.74. The van der Waals surface area contributed by atoms with Crippen molar-refractivity contribution in [1.82, 2.24) is 9.72 Å². The highest BCUT2D eigenvalue weighted by Crippen LogP contribution is 2.23. The number of Topliss-reactive ketones (excluding diaryl/α,β-unsaturated/α-hetero) is 1. The van der Waals surface area contributed by atoms with Gasteiger partial charge in [-0.2, -0.15) is 0 Å². The van der Waals surface area contributed by atoms with Crippen molar-refractivity contribution in [2.24, 2.45) is 0 Å². The Balaban J connectivity index is 1.80. The molecule has 0 saturated heterocycles. The van der Waals surface area contributed by atoms with Gasteiger partial charge < -0.3 is 13.8 Å². The van der Waals surface area contributed by atoms with Crippen molar-refractivity contribution in [3.05, 3.63) is 69.3 Å². The molecule has 2 aromatic heterocycles. The maximum Gasteiger partial charge on any atom is 0.344 e. The standard InChI is InChI=1S/C20H19ClN2O4/c1-11-8-17(13(3)23(11)16-7-5-6-15(21)9-16)18(24)10-26-20(25)19-12(2)22-27-14(19)4/h5-9H,10H2,1-4H3. The fourth-order valence-electron chi connectivity index (χ4n) is 3.11. The van der Waals surface area contributed by atoms with Gasteiger partial charge in [0, 0.05) is 27.7 Å². The number of esters is 1. The quantitative estimate of drug-likeness (QED) is 0.480. The Morgan fingerprint density at radius 2 is 1.93 bits per heavy atom. The van der Waals surface area contributed by atoms with Crippen LogP contribution in [0, 0.1) is 27.7 Å². The largest absolute Gasteiger partial charge is 0.454 e. The fraction of sp³-hybridized carbons (Fsp3) is 0.250. The van der Waals surface area contributed by atoms with Gasteiger partial charge in [-0.1, -0.05) is 22.8 Å². The first kappa shape index (κ1) is 18.9. The van der Waals surface area contributed by atoms with Gasteiger partial charge >= 0.3 is 5.97 Å². The summed E-state index contributed by atoms with van der Waals surface area (Å²) in [6.07, 6.45) is 0. The number of rotatable bonds is 5. The third-order valence-corrected chi connectivity index (χ3v) is 4.60. The number of nitrogens with zero attached hydrogens (tertiary/aromatic N) is 2. The van der Waals surface area contributed by atoms with Gasteiger partial charge in [-0.05, 0) is 52.0 Å². The molecule has 0 unspecified atom stereocenters. The molecule has 0 N–H and O–H groups in total. The van der Waals surface area contributed by atoms with E-state index in [1.54, 1.807) is 26.0 Å². The normalized spacial score (nSPS) is 10.9. The van der Waals surface area contributed by atoms with Crippen molar-refractivity contribution in [3.8, 4) is 5.69 Å². The number of hydrogen-bond acceptors (Lipinski definition) is 5. The third-order valence-electron chi connectivity index (χ3n) is 4.37. The number of ketones is 1. The van der Waals surface area contributed by atoms with E-state index in [2.05, 4.69) is 5.16 Å². The average Bonchev–Trinajstić information content (AvgIpc) is 3.11. The van der Waals surface area contributed by atoms with Crippen molar-refractivity contribution in [1.29, 1.82) is 0 Å². The van der Waals surface area contributed by atoms with Crippen LogP contribution >= 0.6 is 11.6 Å². The number of hydrogen-bond donors (Lipinski definition) is 0. The Bertz CT molecular complexity index is 1010. The maximum atomic E-state index is 12.6. The maximum absolute atomic E-state index is 12.6. The Hall–Kier alpha value is -2.86. The molecule has 140 valence electrons. The molecular formula is C20H19ClN2O4. The molecular weight excluding hydrogens is 368 g/mol. The Morgan fingerprint density at radius 3 is 2.56 bits per heavy atom. The van der Waals surface area contributed by atoms with Crippen LogP contribution in [0.25, 0.3) is 5.69 Å². The first-order valence-corrected chi connectivity index (χ1v) is 8.75. The SMILES string of the molecule is Cc1noc(C)c1C(=O)OCC(=O)c1cc(C)n(-c2cccc(Cl)c2)c1C. The molecule has 0 atom stereocenters. The minimum Gasteiger partial charge on any atom is -0.454 e. The lowest BCUT2D eigenvalue weighted by Crippen LogP contribution is -2.16. The number of aryl methyl sites for hydroxylation is 3. The molecule has 0 radical (unpaired) electrons. The van der Waals surface area contributed by atoms with E-state index >= 15 is 0 Å². The summed E-state index contributed by atoms with van der Waals surface area (Å²) >= 11 is 6.08. The summed E-state index contributed by atoms with van der Waals surface area (Å²) in [6, 6.07) is 9.16. The van der Waals surface area contributed by atoms with Crippen LogP contribution in [0.5, 0.6) is 0 Å². The molecule has 0 aliphatic rings. The van der Waals surface area contributed by atoms with E-state index in [0.29, 0.717) is 22.0 Å². The van der Waals surface area contributed by atoms with Crippen molar-refractivity contribution >= 4 is 23.4 Å². The molecule has 1 aromatic carbocycles. The number of benzene rings is 1. The Morgan fingerprint density at radius 1 is 1.19 bits per heavy atom. The van der Waals surface area contributed by atoms with Crippen molar-refractivity contribution in [2.45, 2.75) is 27.7 Å². The van der Waals surface area contributed by atoms with Gasteiger partial charge in [0.1, 0.15) is 11.3 Å². The summed E-state index contributed by atoms with van der Waals surface area (Å²) in [6.45, 7) is 6.66. The summed E-state index contributed by atoms with van der Waals surface area (Å²) in [5.74, 6) is -0.538. The molecule has 6 nitrogen and oxygen atoms in total. The highest BCUT2D eigenvalue weighted by atomic mass is 35.5. The van der Waals surface area contributed by atoms with Crippen LogP contribution in [0.2, 0.25) is 5.02 Å². The molecule has 0 aliphatic carbocycles. The minimum atomic E-state index is -0.622. The highest BCUT2D eigenvalue weighted by molar-refractivity contribution is 6.30. The summed E-state index contributed by atoms with van der Waals surface area (Å²) < 4.78 is 12.1. The molecule has 0 fully saturated rings. The van der Waals surface area contributed by atoms with Crippen LogP contribution in [-0.2, 0) is 4.74 Å². The molecule has 0 amide bonds. The average molecular weight is 387 g/mol. The molecule has 0 aliphatic heterocycles. The lowest BCUT2D eigenvalue weighted by atomic mass is 10.1. The number of carbonyl (C=O) groups is 2. The van der Waals surface area contributed by atoms with Gasteiger partial charge in [0.25, 0.3) is 0 Å². The zero-order valence-electron chi connectivity index (χ0n) is 15.5. The van der Waals surface area contributed by atoms with Gasteiger partial charge in [0.15, 0.2) is 6.61 Å². The van der Waals surface area contributed by atoms with Gasteiger partial charge in [0.05, 0.1) is 5.69 Å². The summed E-state index contributed by atoms with van der Waals surface area (Å²) in [5, 5.41) is 4.33. The van der Waals surface area contributed by atoms with Crippen LogP contribution in [0.4, 0.5) is 0 Å². The van der Waals surface area contributed by atoms with Crippen LogP contribution in [0.15, 0.2) is 34.9 Å². The summed E-state index contributed by atoms with van der Waals surface area (Å²) in [4.78, 5) is 24.8. The van der Waals surface area contributed by atoms with E-state index in [1.807, 2.05) is 36.6 Å². The summed E-state index contributed by atoms with van der Waals surface area (Å²) in [7, 11) is 0. The third kappa shape index (κ3) is 3.66. The molecule has 0 bridgehead atoms. The molecule has 0 saturated carbocycles. The van der Waals surface area contributed by atoms with E-state index in [9.17, 15) is 9.59 Å². The first-order chi connectivity index (χ1) is 12.8. The monoisotopic (exact) mass is 386 g/mol. The predicted octanol–water partition coefficient (Wildman–Crippen LogP) is 4.39. The van der Waals surface area contributed by atoms with E-state index < -0.39 is 5.97 Å². The van der Waals surface area contributed by atoms with Gasteiger partial charge in [-0.25, -0.2) is 4.79 Å². The van der Waals surface area contributed by atoms with E-state index in [0.717, 1.165) is 17.1 Å². The van der Waals surface area contributed by atoms with E-state index in [1.165, 1.54) is 0 Å². The number of carbonyl (C=O) groups excluding carboxylic acids is 2. The zero-order chi connectivity index (χ0) is 19.7. The van der Waals surface area contributed by atoms with Crippen molar-refractivity contribution in [3.63, 3.8) is 0 Å². The fourth-order valence-corrected chi connectivity index (χ4v) is 3.30. The smallest absolute Gasteiger partial charge is 0.344 e. The van der Waals surface area contributed by atoms with Crippen LogP contribution in [0.1, 0.15) is 43.6 Å². The summed E-state index contributed by atoms with van der Waals surface area (Å²) in [5.41, 5.74) is 3.70. The minimum absolute atomic E-state index is 0.257. The molecule has 3 aromatic rings. The van der Waals surface area contributed by atoms with Gasteiger partial charge in [-0.15, -0.1) is 0 Å². The number of ether oxygens (including phenoxy) is 1.